The van der Waals surface area contributed by atoms with Gasteiger partial charge in [-0.15, -0.1) is 0 Å². The van der Waals surface area contributed by atoms with Crippen LogP contribution in [0.25, 0.3) is 44.5 Å². The second-order valence-electron chi connectivity index (χ2n) is 14.6. The number of anilines is 3. The van der Waals surface area contributed by atoms with Crippen LogP contribution in [0.3, 0.4) is 0 Å². The highest BCUT2D eigenvalue weighted by Crippen LogP contribution is 2.38. The zero-order chi connectivity index (χ0) is 38.2. The summed E-state index contributed by atoms with van der Waals surface area (Å²) in [7, 11) is -2.85. The van der Waals surface area contributed by atoms with Gasteiger partial charge in [-0.3, -0.25) is 0 Å². The largest absolute Gasteiger partial charge is 0.311 e. The van der Waals surface area contributed by atoms with Gasteiger partial charge < -0.3 is 4.90 Å². The Balaban J connectivity index is 1.07. The standard InChI is InChI=1S/C54H38FNSi/c55-45-28-36-52-51-35-27-44(37-53(51)57(54(52)38-45,49-17-9-3-10-18-49)50-19-11-4-12-20-50)43-25-33-48(34-26-43)56(46-29-21-41(22-30-46)39-13-5-1-6-14-39)47-31-23-42(24-32-47)40-15-7-2-8-16-40/h1-38H. The van der Waals surface area contributed by atoms with Crippen molar-refractivity contribution in [3.05, 3.63) is 236 Å². The molecule has 0 spiro atoms. The van der Waals surface area contributed by atoms with Gasteiger partial charge in [0.2, 0.25) is 0 Å². The van der Waals surface area contributed by atoms with Crippen molar-refractivity contribution in [2.75, 3.05) is 4.90 Å². The SMILES string of the molecule is Fc1ccc2c(c1)[Si](c1ccccc1)(c1ccccc1)c1cc(-c3ccc(N(c4ccc(-c5ccccc5)cc4)c4ccc(-c5ccccc5)cc4)cc3)ccc1-2. The molecule has 10 rings (SSSR count). The molecule has 0 fully saturated rings. The quantitative estimate of drug-likeness (QED) is 0.140. The van der Waals surface area contributed by atoms with E-state index in [0.29, 0.717) is 0 Å². The third-order valence-corrected chi connectivity index (χ3v) is 16.3. The zero-order valence-electron chi connectivity index (χ0n) is 31.3. The van der Waals surface area contributed by atoms with E-state index in [2.05, 4.69) is 217 Å². The number of fused-ring (bicyclic) bond motifs is 3. The van der Waals surface area contributed by atoms with Crippen molar-refractivity contribution in [1.82, 2.24) is 0 Å². The fraction of sp³-hybridized carbons (Fsp3) is 0. The molecule has 1 nitrogen and oxygen atoms in total. The van der Waals surface area contributed by atoms with Crippen LogP contribution < -0.4 is 25.6 Å². The van der Waals surface area contributed by atoms with Crippen molar-refractivity contribution in [2.45, 2.75) is 0 Å². The van der Waals surface area contributed by atoms with Crippen molar-refractivity contribution >= 4 is 45.9 Å². The maximum absolute atomic E-state index is 15.3. The normalized spacial score (nSPS) is 12.4. The molecule has 1 heterocycles. The van der Waals surface area contributed by atoms with Crippen LogP contribution in [0.4, 0.5) is 21.5 Å². The summed E-state index contributed by atoms with van der Waals surface area (Å²) < 4.78 is 15.3. The first-order valence-electron chi connectivity index (χ1n) is 19.4. The van der Waals surface area contributed by atoms with E-state index in [9.17, 15) is 0 Å². The third kappa shape index (κ3) is 6.10. The van der Waals surface area contributed by atoms with Gasteiger partial charge in [0.05, 0.1) is 0 Å². The first-order valence-corrected chi connectivity index (χ1v) is 21.4. The number of hydrogen-bond donors (Lipinski definition) is 0. The van der Waals surface area contributed by atoms with Gasteiger partial charge >= 0.3 is 0 Å². The Kier molecular flexibility index (Phi) is 8.78. The Morgan fingerprint density at radius 2 is 0.632 bits per heavy atom. The van der Waals surface area contributed by atoms with Crippen molar-refractivity contribution in [1.29, 1.82) is 0 Å². The van der Waals surface area contributed by atoms with Crippen LogP contribution in [0.5, 0.6) is 0 Å². The molecule has 9 aromatic carbocycles. The fourth-order valence-electron chi connectivity index (χ4n) is 8.76. The van der Waals surface area contributed by atoms with Gasteiger partial charge in [0.25, 0.3) is 0 Å². The highest BCUT2D eigenvalue weighted by atomic mass is 28.3. The summed E-state index contributed by atoms with van der Waals surface area (Å²) in [5.74, 6) is -0.199. The Hall–Kier alpha value is -7.07. The molecule has 0 atom stereocenters. The highest BCUT2D eigenvalue weighted by molar-refractivity contribution is 7.22. The predicted molar refractivity (Wildman–Crippen MR) is 240 cm³/mol. The molecule has 0 saturated heterocycles. The van der Waals surface area contributed by atoms with Crippen molar-refractivity contribution in [3.63, 3.8) is 0 Å². The van der Waals surface area contributed by atoms with E-state index in [1.165, 1.54) is 43.4 Å². The van der Waals surface area contributed by atoms with E-state index >= 15 is 4.39 Å². The lowest BCUT2D eigenvalue weighted by molar-refractivity contribution is 0.629. The molecule has 57 heavy (non-hydrogen) atoms. The third-order valence-electron chi connectivity index (χ3n) is 11.4. The molecular formula is C54H38FNSi. The Morgan fingerprint density at radius 3 is 1.07 bits per heavy atom. The minimum atomic E-state index is -2.85. The minimum Gasteiger partial charge on any atom is -0.311 e. The van der Waals surface area contributed by atoms with Gasteiger partial charge in [0, 0.05) is 17.1 Å². The van der Waals surface area contributed by atoms with E-state index in [4.69, 9.17) is 0 Å². The Labute approximate surface area is 334 Å². The molecule has 1 aliphatic rings. The molecule has 3 heteroatoms. The molecule has 0 saturated carbocycles. The van der Waals surface area contributed by atoms with E-state index in [0.717, 1.165) is 38.9 Å². The van der Waals surface area contributed by atoms with Gasteiger partial charge in [-0.05, 0) is 114 Å². The molecule has 1 aliphatic heterocycles. The molecule has 0 amide bonds. The maximum Gasteiger partial charge on any atom is 0.180 e. The molecule has 0 aliphatic carbocycles. The summed E-state index contributed by atoms with van der Waals surface area (Å²) in [6, 6.07) is 81.3. The van der Waals surface area contributed by atoms with E-state index in [1.54, 1.807) is 12.1 Å². The molecule has 9 aromatic rings. The number of benzene rings is 9. The van der Waals surface area contributed by atoms with Crippen molar-refractivity contribution < 1.29 is 4.39 Å². The van der Waals surface area contributed by atoms with Crippen LogP contribution in [0.2, 0.25) is 0 Å². The fourth-order valence-corrected chi connectivity index (χ4v) is 14.0. The summed E-state index contributed by atoms with van der Waals surface area (Å²) >= 11 is 0. The Morgan fingerprint density at radius 1 is 0.298 bits per heavy atom. The molecule has 270 valence electrons. The maximum atomic E-state index is 15.3. The molecule has 0 radical (unpaired) electrons. The number of halogens is 1. The average Bonchev–Trinajstić information content (AvgIpc) is 3.58. The van der Waals surface area contributed by atoms with Crippen LogP contribution in [-0.4, -0.2) is 8.07 Å². The lowest BCUT2D eigenvalue weighted by Gasteiger charge is -2.31. The van der Waals surface area contributed by atoms with Gasteiger partial charge in [-0.25, -0.2) is 4.39 Å². The molecular weight excluding hydrogens is 710 g/mol. The molecule has 0 unspecified atom stereocenters. The predicted octanol–water partition coefficient (Wildman–Crippen LogP) is 11.7. The topological polar surface area (TPSA) is 3.24 Å². The Bertz CT molecular complexity index is 2680. The number of nitrogens with zero attached hydrogens (tertiary/aromatic N) is 1. The first-order chi connectivity index (χ1) is 28.2. The lowest BCUT2D eigenvalue weighted by atomic mass is 10.00. The van der Waals surface area contributed by atoms with E-state index in [-0.39, 0.29) is 5.82 Å². The van der Waals surface area contributed by atoms with Crippen molar-refractivity contribution in [3.8, 4) is 44.5 Å². The summed E-state index contributed by atoms with van der Waals surface area (Å²) in [6.07, 6.45) is 0. The lowest BCUT2D eigenvalue weighted by Crippen LogP contribution is -2.72. The monoisotopic (exact) mass is 747 g/mol. The van der Waals surface area contributed by atoms with Crippen molar-refractivity contribution in [2.24, 2.45) is 0 Å². The summed E-state index contributed by atoms with van der Waals surface area (Å²) in [4.78, 5) is 2.32. The van der Waals surface area contributed by atoms with Crippen LogP contribution in [0.15, 0.2) is 231 Å². The summed E-state index contributed by atoms with van der Waals surface area (Å²) in [5.41, 5.74) is 12.6. The van der Waals surface area contributed by atoms with Gasteiger partial charge in [0.15, 0.2) is 8.07 Å². The summed E-state index contributed by atoms with van der Waals surface area (Å²) in [6.45, 7) is 0. The number of rotatable bonds is 8. The molecule has 0 N–H and O–H groups in total. The number of hydrogen-bond acceptors (Lipinski definition) is 1. The van der Waals surface area contributed by atoms with E-state index in [1.807, 2.05) is 6.07 Å². The average molecular weight is 748 g/mol. The molecule has 0 aromatic heterocycles. The smallest absolute Gasteiger partial charge is 0.180 e. The first kappa shape index (κ1) is 34.4. The van der Waals surface area contributed by atoms with Crippen LogP contribution >= 0.6 is 0 Å². The van der Waals surface area contributed by atoms with Gasteiger partial charge in [0.1, 0.15) is 5.82 Å². The molecule has 0 bridgehead atoms. The zero-order valence-corrected chi connectivity index (χ0v) is 32.3. The van der Waals surface area contributed by atoms with Gasteiger partial charge in [-0.1, -0.05) is 182 Å². The second-order valence-corrected chi connectivity index (χ2v) is 18.4. The highest BCUT2D eigenvalue weighted by Gasteiger charge is 2.49. The second kappa shape index (κ2) is 14.5. The minimum absolute atomic E-state index is 0.199. The summed E-state index contributed by atoms with van der Waals surface area (Å²) in [5, 5.41) is 4.90. The van der Waals surface area contributed by atoms with Gasteiger partial charge in [-0.2, -0.15) is 0 Å². The van der Waals surface area contributed by atoms with Crippen LogP contribution in [0, 0.1) is 5.82 Å². The van der Waals surface area contributed by atoms with Crippen LogP contribution in [-0.2, 0) is 0 Å². The van der Waals surface area contributed by atoms with E-state index < -0.39 is 8.07 Å². The van der Waals surface area contributed by atoms with Crippen LogP contribution in [0.1, 0.15) is 0 Å².